The van der Waals surface area contributed by atoms with E-state index in [1.807, 2.05) is 24.8 Å². The van der Waals surface area contributed by atoms with Crippen LogP contribution >= 0.6 is 0 Å². The summed E-state index contributed by atoms with van der Waals surface area (Å²) in [6.07, 6.45) is 7.89. The SMILES string of the molecule is c1ccc(N(c2ccccc2)c2ccc3c(c2)c2cnccc2c2cc4c5ccc(N(c6ccccc6)c6ccccc6)cc5c5cnccc5c4cc32)cc1. The molecule has 0 spiro atoms. The summed E-state index contributed by atoms with van der Waals surface area (Å²) in [5, 5.41) is 14.3. The van der Waals surface area contributed by atoms with E-state index in [2.05, 4.69) is 202 Å². The van der Waals surface area contributed by atoms with E-state index in [-0.39, 0.29) is 0 Å². The molecule has 0 unspecified atom stereocenters. The Morgan fingerprint density at radius 2 is 0.536 bits per heavy atom. The average molecular weight is 715 g/mol. The van der Waals surface area contributed by atoms with E-state index in [0.29, 0.717) is 0 Å². The number of benzene rings is 9. The maximum Gasteiger partial charge on any atom is 0.0468 e. The van der Waals surface area contributed by atoms with E-state index in [4.69, 9.17) is 0 Å². The van der Waals surface area contributed by atoms with Crippen molar-refractivity contribution in [2.45, 2.75) is 0 Å². The van der Waals surface area contributed by atoms with Gasteiger partial charge in [0.25, 0.3) is 0 Å². The van der Waals surface area contributed by atoms with Crippen LogP contribution in [-0.2, 0) is 0 Å². The van der Waals surface area contributed by atoms with Crippen molar-refractivity contribution in [3.63, 3.8) is 0 Å². The molecule has 0 bridgehead atoms. The van der Waals surface area contributed by atoms with Gasteiger partial charge < -0.3 is 9.80 Å². The van der Waals surface area contributed by atoms with Crippen LogP contribution in [0.3, 0.4) is 0 Å². The number of pyridine rings is 2. The van der Waals surface area contributed by atoms with Crippen molar-refractivity contribution in [1.82, 2.24) is 9.97 Å². The molecule has 11 rings (SSSR count). The molecule has 0 atom stereocenters. The highest BCUT2D eigenvalue weighted by molar-refractivity contribution is 6.33. The van der Waals surface area contributed by atoms with Crippen molar-refractivity contribution in [2.75, 3.05) is 9.80 Å². The summed E-state index contributed by atoms with van der Waals surface area (Å²) in [7, 11) is 0. The minimum absolute atomic E-state index is 1.10. The van der Waals surface area contributed by atoms with Gasteiger partial charge >= 0.3 is 0 Å². The van der Waals surface area contributed by atoms with Gasteiger partial charge in [0.05, 0.1) is 0 Å². The van der Waals surface area contributed by atoms with Crippen LogP contribution in [0, 0.1) is 0 Å². The lowest BCUT2D eigenvalue weighted by molar-refractivity contribution is 1.29. The van der Waals surface area contributed by atoms with Crippen LogP contribution in [0.4, 0.5) is 34.1 Å². The van der Waals surface area contributed by atoms with Gasteiger partial charge in [0.15, 0.2) is 0 Å². The number of rotatable bonds is 6. The second-order valence-corrected chi connectivity index (χ2v) is 14.3. The predicted octanol–water partition coefficient (Wildman–Crippen LogP) is 14.3. The number of para-hydroxylation sites is 4. The number of hydrogen-bond donors (Lipinski definition) is 0. The Bertz CT molecular complexity index is 2940. The molecule has 262 valence electrons. The van der Waals surface area contributed by atoms with Crippen LogP contribution in [0.5, 0.6) is 0 Å². The molecule has 0 N–H and O–H groups in total. The van der Waals surface area contributed by atoms with Gasteiger partial charge in [0, 0.05) is 69.7 Å². The van der Waals surface area contributed by atoms with E-state index >= 15 is 0 Å². The average Bonchev–Trinajstić information content (AvgIpc) is 3.28. The smallest absolute Gasteiger partial charge is 0.0468 e. The largest absolute Gasteiger partial charge is 0.310 e. The highest BCUT2D eigenvalue weighted by Gasteiger charge is 2.19. The van der Waals surface area contributed by atoms with Crippen molar-refractivity contribution < 1.29 is 0 Å². The number of anilines is 6. The molecule has 0 aliphatic carbocycles. The van der Waals surface area contributed by atoms with Gasteiger partial charge in [0.1, 0.15) is 0 Å². The molecule has 0 saturated heterocycles. The molecule has 0 aliphatic rings. The second-order valence-electron chi connectivity index (χ2n) is 14.3. The van der Waals surface area contributed by atoms with Crippen molar-refractivity contribution in [3.8, 4) is 0 Å². The molecule has 0 fully saturated rings. The Morgan fingerprint density at radius 3 is 0.875 bits per heavy atom. The van der Waals surface area contributed by atoms with Crippen LogP contribution in [0.2, 0.25) is 0 Å². The lowest BCUT2D eigenvalue weighted by atomic mass is 9.89. The fourth-order valence-corrected chi connectivity index (χ4v) is 8.64. The van der Waals surface area contributed by atoms with Gasteiger partial charge in [-0.15, -0.1) is 0 Å². The standard InChI is InChI=1S/C52H34N4/c1-5-13-35(14-6-1)55(36-15-7-2-8-16-36)39-21-23-41-45(29-39)51-33-53-27-25-43(51)49-32-48-42-24-22-40(56(37-17-9-3-10-18-37)38-19-11-4-12-20-38)30-46(42)52-34-54-28-26-44(52)50(48)31-47(41)49/h1-34H. The molecular formula is C52H34N4. The summed E-state index contributed by atoms with van der Waals surface area (Å²) >= 11 is 0. The van der Waals surface area contributed by atoms with Gasteiger partial charge in [-0.1, -0.05) is 84.9 Å². The van der Waals surface area contributed by atoms with Crippen LogP contribution < -0.4 is 9.80 Å². The minimum Gasteiger partial charge on any atom is -0.310 e. The molecule has 9 aromatic carbocycles. The fourth-order valence-electron chi connectivity index (χ4n) is 8.64. The predicted molar refractivity (Wildman–Crippen MR) is 236 cm³/mol. The molecule has 4 nitrogen and oxygen atoms in total. The Morgan fingerprint density at radius 1 is 0.232 bits per heavy atom. The summed E-state index contributed by atoms with van der Waals surface area (Å²) in [6.45, 7) is 0. The minimum atomic E-state index is 1.10. The van der Waals surface area contributed by atoms with E-state index < -0.39 is 0 Å². The normalized spacial score (nSPS) is 11.6. The molecule has 11 aromatic rings. The van der Waals surface area contributed by atoms with Crippen molar-refractivity contribution in [2.24, 2.45) is 0 Å². The summed E-state index contributed by atoms with van der Waals surface area (Å²) in [4.78, 5) is 14.0. The molecule has 0 radical (unpaired) electrons. The van der Waals surface area contributed by atoms with Crippen molar-refractivity contribution in [3.05, 3.63) is 207 Å². The van der Waals surface area contributed by atoms with Crippen LogP contribution in [0.15, 0.2) is 207 Å². The van der Waals surface area contributed by atoms with E-state index in [1.165, 1.54) is 53.9 Å². The highest BCUT2D eigenvalue weighted by Crippen LogP contribution is 2.45. The van der Waals surface area contributed by atoms with E-state index in [1.54, 1.807) is 0 Å². The first-order valence-electron chi connectivity index (χ1n) is 19.0. The number of aromatic nitrogens is 2. The van der Waals surface area contributed by atoms with Gasteiger partial charge in [0.2, 0.25) is 0 Å². The zero-order chi connectivity index (χ0) is 37.0. The third-order valence-corrected chi connectivity index (χ3v) is 11.1. The van der Waals surface area contributed by atoms with E-state index in [9.17, 15) is 0 Å². The molecule has 2 aromatic heterocycles. The van der Waals surface area contributed by atoms with Crippen LogP contribution in [0.25, 0.3) is 64.6 Å². The van der Waals surface area contributed by atoms with Crippen LogP contribution in [0.1, 0.15) is 0 Å². The quantitative estimate of drug-likeness (QED) is 0.127. The Kier molecular flexibility index (Phi) is 7.46. The third kappa shape index (κ3) is 5.15. The molecular weight excluding hydrogens is 681 g/mol. The summed E-state index contributed by atoms with van der Waals surface area (Å²) in [5.41, 5.74) is 6.63. The summed E-state index contributed by atoms with van der Waals surface area (Å²) in [5.74, 6) is 0. The fraction of sp³-hybridized carbons (Fsp3) is 0. The molecule has 4 heteroatoms. The molecule has 0 aliphatic heterocycles. The topological polar surface area (TPSA) is 32.3 Å². The Labute approximate surface area is 324 Å². The maximum atomic E-state index is 4.66. The second kappa shape index (κ2) is 13.1. The first-order chi connectivity index (χ1) is 27.8. The van der Waals surface area contributed by atoms with E-state index in [0.717, 1.165) is 44.9 Å². The molecule has 56 heavy (non-hydrogen) atoms. The van der Waals surface area contributed by atoms with Crippen molar-refractivity contribution >= 4 is 98.8 Å². The Hall–Kier alpha value is -7.56. The first-order valence-corrected chi connectivity index (χ1v) is 19.0. The maximum absolute atomic E-state index is 4.66. The van der Waals surface area contributed by atoms with Gasteiger partial charge in [-0.05, 0) is 151 Å². The monoisotopic (exact) mass is 714 g/mol. The Balaban J connectivity index is 1.18. The van der Waals surface area contributed by atoms with Crippen LogP contribution in [-0.4, -0.2) is 9.97 Å². The number of hydrogen-bond acceptors (Lipinski definition) is 4. The number of nitrogens with zero attached hydrogens (tertiary/aromatic N) is 4. The number of fused-ring (bicyclic) bond motifs is 12. The summed E-state index contributed by atoms with van der Waals surface area (Å²) in [6, 6.07) is 65.2. The van der Waals surface area contributed by atoms with Crippen molar-refractivity contribution in [1.29, 1.82) is 0 Å². The lowest BCUT2D eigenvalue weighted by Gasteiger charge is -2.26. The zero-order valence-electron chi connectivity index (χ0n) is 30.4. The molecule has 0 saturated carbocycles. The molecule has 0 amide bonds. The highest BCUT2D eigenvalue weighted by atomic mass is 15.1. The lowest BCUT2D eigenvalue weighted by Crippen LogP contribution is -2.09. The van der Waals surface area contributed by atoms with Gasteiger partial charge in [-0.3, -0.25) is 9.97 Å². The third-order valence-electron chi connectivity index (χ3n) is 11.1. The first kappa shape index (κ1) is 31.9. The van der Waals surface area contributed by atoms with Gasteiger partial charge in [-0.2, -0.15) is 0 Å². The van der Waals surface area contributed by atoms with Gasteiger partial charge in [-0.25, -0.2) is 0 Å². The molecule has 2 heterocycles. The zero-order valence-corrected chi connectivity index (χ0v) is 30.4. The summed E-state index contributed by atoms with van der Waals surface area (Å²) < 4.78 is 0.